The minimum absolute atomic E-state index is 0. The summed E-state index contributed by atoms with van der Waals surface area (Å²) in [6, 6.07) is 4.42. The molecule has 0 unspecified atom stereocenters. The zero-order chi connectivity index (χ0) is 16.6. The average molecular weight is 354 g/mol. The number of nitrogens with one attached hydrogen (secondary N) is 2. The first-order valence-electron chi connectivity index (χ1n) is 6.77. The summed E-state index contributed by atoms with van der Waals surface area (Å²) in [7, 11) is 0. The Morgan fingerprint density at radius 3 is 2.35 bits per heavy atom. The van der Waals surface area contributed by atoms with Crippen LogP contribution in [0, 0.1) is 0 Å². The molecule has 2 amide bonds. The van der Waals surface area contributed by atoms with Crippen LogP contribution in [0.1, 0.15) is 28.8 Å². The Kier molecular flexibility index (Phi) is 9.28. The Labute approximate surface area is 138 Å². The van der Waals surface area contributed by atoms with Gasteiger partial charge in [-0.25, -0.2) is 0 Å². The third-order valence-corrected chi connectivity index (χ3v) is 2.84. The molecule has 1 aromatic carbocycles. The summed E-state index contributed by atoms with van der Waals surface area (Å²) in [4.78, 5) is 23.2. The Bertz CT molecular complexity index is 524. The normalized spacial score (nSPS) is 10.6. The molecule has 0 fully saturated rings. The van der Waals surface area contributed by atoms with Crippen LogP contribution in [-0.4, -0.2) is 31.4 Å². The molecular weight excluding hydrogens is 335 g/mol. The van der Waals surface area contributed by atoms with Crippen molar-refractivity contribution in [3.8, 4) is 0 Å². The Balaban J connectivity index is 0.00000484. The van der Waals surface area contributed by atoms with E-state index in [1.807, 2.05) is 0 Å². The second-order valence-corrected chi connectivity index (χ2v) is 4.57. The van der Waals surface area contributed by atoms with Crippen molar-refractivity contribution in [2.45, 2.75) is 19.0 Å². The SMILES string of the molecule is Cl.NCCCCNC(=O)CNC(=O)c1ccccc1C(F)(F)F. The highest BCUT2D eigenvalue weighted by Crippen LogP contribution is 2.31. The van der Waals surface area contributed by atoms with Crippen molar-refractivity contribution in [3.63, 3.8) is 0 Å². The van der Waals surface area contributed by atoms with E-state index in [-0.39, 0.29) is 19.0 Å². The van der Waals surface area contributed by atoms with Crippen LogP contribution in [0.2, 0.25) is 0 Å². The van der Waals surface area contributed by atoms with Crippen molar-refractivity contribution in [1.29, 1.82) is 0 Å². The summed E-state index contributed by atoms with van der Waals surface area (Å²) in [5.74, 6) is -1.40. The average Bonchev–Trinajstić information content (AvgIpc) is 2.48. The molecule has 1 aromatic rings. The second-order valence-electron chi connectivity index (χ2n) is 4.57. The van der Waals surface area contributed by atoms with Crippen LogP contribution in [0.3, 0.4) is 0 Å². The van der Waals surface area contributed by atoms with Gasteiger partial charge in [0.1, 0.15) is 0 Å². The number of carbonyl (C=O) groups is 2. The largest absolute Gasteiger partial charge is 0.417 e. The molecule has 0 saturated heterocycles. The molecule has 0 aliphatic rings. The molecule has 130 valence electrons. The van der Waals surface area contributed by atoms with Crippen LogP contribution < -0.4 is 16.4 Å². The van der Waals surface area contributed by atoms with Gasteiger partial charge in [0, 0.05) is 6.54 Å². The molecule has 0 saturated carbocycles. The zero-order valence-electron chi connectivity index (χ0n) is 12.3. The van der Waals surface area contributed by atoms with Gasteiger partial charge in [-0.1, -0.05) is 12.1 Å². The monoisotopic (exact) mass is 353 g/mol. The van der Waals surface area contributed by atoms with E-state index in [1.54, 1.807) is 0 Å². The third-order valence-electron chi connectivity index (χ3n) is 2.84. The first kappa shape index (κ1) is 21.2. The quantitative estimate of drug-likeness (QED) is 0.652. The van der Waals surface area contributed by atoms with E-state index in [9.17, 15) is 22.8 Å². The van der Waals surface area contributed by atoms with Crippen LogP contribution >= 0.6 is 12.4 Å². The summed E-state index contributed by atoms with van der Waals surface area (Å²) in [6.45, 7) is 0.541. The number of benzene rings is 1. The van der Waals surface area contributed by atoms with E-state index >= 15 is 0 Å². The van der Waals surface area contributed by atoms with Gasteiger partial charge in [0.2, 0.25) is 5.91 Å². The second kappa shape index (κ2) is 10.1. The first-order chi connectivity index (χ1) is 10.4. The summed E-state index contributed by atoms with van der Waals surface area (Å²) in [5, 5.41) is 4.71. The van der Waals surface area contributed by atoms with Gasteiger partial charge in [0.05, 0.1) is 17.7 Å². The van der Waals surface area contributed by atoms with E-state index in [2.05, 4.69) is 10.6 Å². The molecule has 1 rings (SSSR count). The summed E-state index contributed by atoms with van der Waals surface area (Å²) < 4.78 is 38.3. The maximum absolute atomic E-state index is 12.8. The maximum atomic E-state index is 12.8. The highest BCUT2D eigenvalue weighted by molar-refractivity contribution is 5.97. The lowest BCUT2D eigenvalue weighted by molar-refractivity contribution is -0.137. The highest BCUT2D eigenvalue weighted by Gasteiger charge is 2.34. The first-order valence-corrected chi connectivity index (χ1v) is 6.77. The number of nitrogens with two attached hydrogens (primary N) is 1. The van der Waals surface area contributed by atoms with Gasteiger partial charge in [0.15, 0.2) is 0 Å². The Morgan fingerprint density at radius 2 is 1.74 bits per heavy atom. The maximum Gasteiger partial charge on any atom is 0.417 e. The Hall–Kier alpha value is -1.80. The summed E-state index contributed by atoms with van der Waals surface area (Å²) in [6.07, 6.45) is -3.17. The smallest absolute Gasteiger partial charge is 0.355 e. The van der Waals surface area contributed by atoms with E-state index < -0.39 is 29.1 Å². The number of amides is 2. The van der Waals surface area contributed by atoms with E-state index in [0.717, 1.165) is 18.6 Å². The van der Waals surface area contributed by atoms with Crippen molar-refractivity contribution < 1.29 is 22.8 Å². The minimum atomic E-state index is -4.63. The van der Waals surface area contributed by atoms with Crippen LogP contribution in [0.4, 0.5) is 13.2 Å². The molecule has 5 nitrogen and oxygen atoms in total. The molecule has 0 heterocycles. The molecule has 0 aromatic heterocycles. The van der Waals surface area contributed by atoms with Crippen LogP contribution in [0.25, 0.3) is 0 Å². The third kappa shape index (κ3) is 7.34. The van der Waals surface area contributed by atoms with Crippen LogP contribution in [0.15, 0.2) is 24.3 Å². The molecule has 0 aliphatic carbocycles. The van der Waals surface area contributed by atoms with Crippen molar-refractivity contribution >= 4 is 24.2 Å². The van der Waals surface area contributed by atoms with Gasteiger partial charge in [-0.15, -0.1) is 12.4 Å². The molecule has 0 radical (unpaired) electrons. The lowest BCUT2D eigenvalue weighted by Gasteiger charge is -2.12. The standard InChI is InChI=1S/C14H18F3N3O2.ClH/c15-14(16,17)11-6-2-1-5-10(11)13(22)20-9-12(21)19-8-4-3-7-18;/h1-2,5-6H,3-4,7-9,18H2,(H,19,21)(H,20,22);1H. The van der Waals surface area contributed by atoms with Gasteiger partial charge < -0.3 is 16.4 Å². The molecule has 4 N–H and O–H groups in total. The van der Waals surface area contributed by atoms with Gasteiger partial charge in [-0.3, -0.25) is 9.59 Å². The fraction of sp³-hybridized carbons (Fsp3) is 0.429. The Morgan fingerprint density at radius 1 is 1.09 bits per heavy atom. The van der Waals surface area contributed by atoms with Crippen LogP contribution in [0.5, 0.6) is 0 Å². The lowest BCUT2D eigenvalue weighted by Crippen LogP contribution is -2.38. The van der Waals surface area contributed by atoms with E-state index in [0.29, 0.717) is 19.5 Å². The summed E-state index contributed by atoms with van der Waals surface area (Å²) in [5.41, 5.74) is 3.76. The van der Waals surface area contributed by atoms with Crippen molar-refractivity contribution in [2.24, 2.45) is 5.73 Å². The number of unbranched alkanes of at least 4 members (excludes halogenated alkanes) is 1. The fourth-order valence-electron chi connectivity index (χ4n) is 1.74. The van der Waals surface area contributed by atoms with E-state index in [4.69, 9.17) is 5.73 Å². The molecule has 9 heteroatoms. The number of halogens is 4. The number of alkyl halides is 3. The zero-order valence-corrected chi connectivity index (χ0v) is 13.1. The van der Waals surface area contributed by atoms with Crippen molar-refractivity contribution in [1.82, 2.24) is 10.6 Å². The molecular formula is C14H19ClF3N3O2. The lowest BCUT2D eigenvalue weighted by atomic mass is 10.1. The molecule has 23 heavy (non-hydrogen) atoms. The number of carbonyl (C=O) groups excluding carboxylic acids is 2. The van der Waals surface area contributed by atoms with E-state index in [1.165, 1.54) is 12.1 Å². The van der Waals surface area contributed by atoms with Gasteiger partial charge >= 0.3 is 6.18 Å². The van der Waals surface area contributed by atoms with Gasteiger partial charge in [-0.2, -0.15) is 13.2 Å². The van der Waals surface area contributed by atoms with Crippen molar-refractivity contribution in [3.05, 3.63) is 35.4 Å². The number of hydrogen-bond acceptors (Lipinski definition) is 3. The minimum Gasteiger partial charge on any atom is -0.355 e. The van der Waals surface area contributed by atoms with Crippen molar-refractivity contribution in [2.75, 3.05) is 19.6 Å². The van der Waals surface area contributed by atoms with Gasteiger partial charge in [0.25, 0.3) is 5.91 Å². The topological polar surface area (TPSA) is 84.2 Å². The predicted octanol–water partition coefficient (Wildman–Crippen LogP) is 1.71. The molecule has 0 aliphatic heterocycles. The molecule has 0 atom stereocenters. The van der Waals surface area contributed by atoms with Gasteiger partial charge in [-0.05, 0) is 31.5 Å². The number of rotatable bonds is 7. The predicted molar refractivity (Wildman–Crippen MR) is 82.3 cm³/mol. The summed E-state index contributed by atoms with van der Waals surface area (Å²) >= 11 is 0. The fourth-order valence-corrected chi connectivity index (χ4v) is 1.74. The van der Waals surface area contributed by atoms with Crippen LogP contribution in [-0.2, 0) is 11.0 Å². The number of hydrogen-bond donors (Lipinski definition) is 3. The molecule has 0 bridgehead atoms. The highest BCUT2D eigenvalue weighted by atomic mass is 35.5. The molecule has 0 spiro atoms.